The molecule has 1 aliphatic heterocycles. The molecule has 0 radical (unpaired) electrons. The highest BCUT2D eigenvalue weighted by molar-refractivity contribution is 7.89. The fourth-order valence-corrected chi connectivity index (χ4v) is 5.47. The molecule has 31 heavy (non-hydrogen) atoms. The number of amides is 1. The summed E-state index contributed by atoms with van der Waals surface area (Å²) < 4.78 is 33.1. The average molecular weight is 445 g/mol. The predicted molar refractivity (Wildman–Crippen MR) is 122 cm³/mol. The highest BCUT2D eigenvalue weighted by atomic mass is 32.2. The van der Waals surface area contributed by atoms with E-state index in [-0.39, 0.29) is 10.8 Å². The van der Waals surface area contributed by atoms with Crippen LogP contribution in [-0.2, 0) is 16.4 Å². The minimum absolute atomic E-state index is 0.194. The van der Waals surface area contributed by atoms with Crippen LogP contribution in [0.3, 0.4) is 0 Å². The second kappa shape index (κ2) is 10.8. The second-order valence-corrected chi connectivity index (χ2v) is 9.90. The molecule has 0 unspecified atom stereocenters. The summed E-state index contributed by atoms with van der Waals surface area (Å²) in [4.78, 5) is 13.0. The zero-order valence-electron chi connectivity index (χ0n) is 18.4. The van der Waals surface area contributed by atoms with Crippen LogP contribution in [0.15, 0.2) is 47.4 Å². The first-order chi connectivity index (χ1) is 14.9. The first kappa shape index (κ1) is 23.3. The van der Waals surface area contributed by atoms with E-state index in [0.29, 0.717) is 25.2 Å². The van der Waals surface area contributed by atoms with Gasteiger partial charge in [-0.1, -0.05) is 37.1 Å². The van der Waals surface area contributed by atoms with Gasteiger partial charge in [0.05, 0.1) is 12.0 Å². The molecule has 2 aromatic rings. The van der Waals surface area contributed by atoms with Crippen molar-refractivity contribution >= 4 is 15.9 Å². The van der Waals surface area contributed by atoms with Gasteiger partial charge in [-0.25, -0.2) is 8.42 Å². The van der Waals surface area contributed by atoms with Gasteiger partial charge in [-0.3, -0.25) is 4.79 Å². The molecule has 3 rings (SSSR count). The topological polar surface area (TPSA) is 75.7 Å². The van der Waals surface area contributed by atoms with E-state index in [1.807, 2.05) is 31.2 Å². The van der Waals surface area contributed by atoms with Crippen LogP contribution < -0.4 is 10.1 Å². The molecular formula is C24H32N2O4S. The molecule has 7 heteroatoms. The Morgan fingerprint density at radius 3 is 2.48 bits per heavy atom. The molecule has 0 spiro atoms. The maximum absolute atomic E-state index is 13.1. The summed E-state index contributed by atoms with van der Waals surface area (Å²) in [7, 11) is -1.94. The van der Waals surface area contributed by atoms with Crippen molar-refractivity contribution in [1.29, 1.82) is 0 Å². The van der Waals surface area contributed by atoms with Crippen molar-refractivity contribution in [3.8, 4) is 5.75 Å². The Balaban J connectivity index is 1.64. The van der Waals surface area contributed by atoms with Crippen LogP contribution in [0.2, 0.25) is 0 Å². The standard InChI is InChI=1S/C24H32N2O4S/c1-19-13-14-21(31(28,29)26-16-7-3-4-8-17-26)18-22(19)24(27)25-15-9-11-20-10-5-6-12-23(20)30-2/h5-6,10,12-14,18H,3-4,7-9,11,15-17H2,1-2H3,(H,25,27). The smallest absolute Gasteiger partial charge is 0.251 e. The highest BCUT2D eigenvalue weighted by Gasteiger charge is 2.26. The Kier molecular flexibility index (Phi) is 8.09. The van der Waals surface area contributed by atoms with Crippen LogP contribution >= 0.6 is 0 Å². The number of rotatable bonds is 8. The molecule has 1 saturated heterocycles. The van der Waals surface area contributed by atoms with Crippen molar-refractivity contribution in [2.45, 2.75) is 50.3 Å². The monoisotopic (exact) mass is 444 g/mol. The Bertz CT molecular complexity index is 996. The van der Waals surface area contributed by atoms with E-state index in [4.69, 9.17) is 4.74 Å². The third-order valence-corrected chi connectivity index (χ3v) is 7.65. The number of carbonyl (C=O) groups excluding carboxylic acids is 1. The van der Waals surface area contributed by atoms with Crippen LogP contribution in [0, 0.1) is 6.92 Å². The summed E-state index contributed by atoms with van der Waals surface area (Å²) in [5.74, 6) is 0.599. The summed E-state index contributed by atoms with van der Waals surface area (Å²) in [6, 6.07) is 12.7. The first-order valence-corrected chi connectivity index (χ1v) is 12.4. The van der Waals surface area contributed by atoms with E-state index in [2.05, 4.69) is 5.32 Å². The summed E-state index contributed by atoms with van der Waals surface area (Å²) >= 11 is 0. The van der Waals surface area contributed by atoms with Gasteiger partial charge in [0.1, 0.15) is 5.75 Å². The summed E-state index contributed by atoms with van der Waals surface area (Å²) in [5, 5.41) is 2.93. The molecule has 1 heterocycles. The first-order valence-electron chi connectivity index (χ1n) is 10.9. The number of aryl methyl sites for hydroxylation is 2. The van der Waals surface area contributed by atoms with E-state index in [9.17, 15) is 13.2 Å². The molecule has 0 aliphatic carbocycles. The minimum atomic E-state index is -3.59. The number of para-hydroxylation sites is 1. The number of carbonyl (C=O) groups is 1. The Labute approximate surface area is 185 Å². The SMILES string of the molecule is COc1ccccc1CCCNC(=O)c1cc(S(=O)(=O)N2CCCCCC2)ccc1C. The number of hydrogen-bond acceptors (Lipinski definition) is 4. The third kappa shape index (κ3) is 5.86. The number of methoxy groups -OCH3 is 1. The second-order valence-electron chi connectivity index (χ2n) is 7.97. The van der Waals surface area contributed by atoms with Crippen molar-refractivity contribution < 1.29 is 17.9 Å². The van der Waals surface area contributed by atoms with Crippen molar-refractivity contribution in [3.05, 3.63) is 59.2 Å². The van der Waals surface area contributed by atoms with Crippen LogP contribution in [-0.4, -0.2) is 45.4 Å². The molecule has 168 valence electrons. The van der Waals surface area contributed by atoms with Crippen molar-refractivity contribution in [3.63, 3.8) is 0 Å². The van der Waals surface area contributed by atoms with E-state index < -0.39 is 10.0 Å². The third-order valence-electron chi connectivity index (χ3n) is 5.76. The number of sulfonamides is 1. The summed E-state index contributed by atoms with van der Waals surface area (Å²) in [5.41, 5.74) is 2.27. The Morgan fingerprint density at radius 2 is 1.77 bits per heavy atom. The number of benzene rings is 2. The van der Waals surface area contributed by atoms with Gasteiger partial charge >= 0.3 is 0 Å². The van der Waals surface area contributed by atoms with Gasteiger partial charge in [0, 0.05) is 25.2 Å². The van der Waals surface area contributed by atoms with Crippen LogP contribution in [0.1, 0.15) is 53.6 Å². The molecular weight excluding hydrogens is 412 g/mol. The van der Waals surface area contributed by atoms with Gasteiger partial charge < -0.3 is 10.1 Å². The average Bonchev–Trinajstić information content (AvgIpc) is 3.07. The fraction of sp³-hybridized carbons (Fsp3) is 0.458. The van der Waals surface area contributed by atoms with Gasteiger partial charge in [-0.05, 0) is 61.9 Å². The van der Waals surface area contributed by atoms with E-state index in [1.165, 1.54) is 6.07 Å². The maximum atomic E-state index is 13.1. The quantitative estimate of drug-likeness (QED) is 0.626. The number of nitrogens with zero attached hydrogens (tertiary/aromatic N) is 1. The molecule has 0 saturated carbocycles. The normalized spacial score (nSPS) is 15.3. The Hall–Kier alpha value is -2.38. The van der Waals surface area contributed by atoms with Crippen molar-refractivity contribution in [1.82, 2.24) is 9.62 Å². The lowest BCUT2D eigenvalue weighted by molar-refractivity contribution is 0.0952. The van der Waals surface area contributed by atoms with Crippen LogP contribution in [0.4, 0.5) is 0 Å². The van der Waals surface area contributed by atoms with Gasteiger partial charge in [0.15, 0.2) is 0 Å². The molecule has 1 N–H and O–H groups in total. The van der Waals surface area contributed by atoms with Gasteiger partial charge in [0.25, 0.3) is 5.91 Å². The highest BCUT2D eigenvalue weighted by Crippen LogP contribution is 2.23. The minimum Gasteiger partial charge on any atom is -0.496 e. The van der Waals surface area contributed by atoms with Gasteiger partial charge in [-0.2, -0.15) is 4.31 Å². The van der Waals surface area contributed by atoms with Crippen LogP contribution in [0.25, 0.3) is 0 Å². The molecule has 1 amide bonds. The van der Waals surface area contributed by atoms with E-state index in [1.54, 1.807) is 23.5 Å². The summed E-state index contributed by atoms with van der Waals surface area (Å²) in [6.45, 7) is 3.41. The molecule has 2 aromatic carbocycles. The fourth-order valence-electron chi connectivity index (χ4n) is 3.92. The lowest BCUT2D eigenvalue weighted by atomic mass is 10.1. The van der Waals surface area contributed by atoms with E-state index in [0.717, 1.165) is 55.4 Å². The van der Waals surface area contributed by atoms with Crippen molar-refractivity contribution in [2.75, 3.05) is 26.7 Å². The summed E-state index contributed by atoms with van der Waals surface area (Å²) in [6.07, 6.45) is 5.42. The number of ether oxygens (including phenoxy) is 1. The number of nitrogens with one attached hydrogen (secondary N) is 1. The zero-order valence-corrected chi connectivity index (χ0v) is 19.2. The lowest BCUT2D eigenvalue weighted by Gasteiger charge is -2.20. The molecule has 6 nitrogen and oxygen atoms in total. The molecule has 0 bridgehead atoms. The number of hydrogen-bond donors (Lipinski definition) is 1. The predicted octanol–water partition coefficient (Wildman–Crippen LogP) is 3.93. The molecule has 0 atom stereocenters. The van der Waals surface area contributed by atoms with Crippen molar-refractivity contribution in [2.24, 2.45) is 0 Å². The Morgan fingerprint density at radius 1 is 1.06 bits per heavy atom. The maximum Gasteiger partial charge on any atom is 0.251 e. The largest absolute Gasteiger partial charge is 0.496 e. The molecule has 1 fully saturated rings. The van der Waals surface area contributed by atoms with Gasteiger partial charge in [0.2, 0.25) is 10.0 Å². The molecule has 0 aromatic heterocycles. The van der Waals surface area contributed by atoms with Crippen LogP contribution in [0.5, 0.6) is 5.75 Å². The zero-order chi connectivity index (χ0) is 22.3. The lowest BCUT2D eigenvalue weighted by Crippen LogP contribution is -2.32. The van der Waals surface area contributed by atoms with Gasteiger partial charge in [-0.15, -0.1) is 0 Å². The molecule has 1 aliphatic rings. The van der Waals surface area contributed by atoms with E-state index >= 15 is 0 Å².